The summed E-state index contributed by atoms with van der Waals surface area (Å²) >= 11 is 0. The van der Waals surface area contributed by atoms with Crippen molar-refractivity contribution in [1.29, 1.82) is 0 Å². The summed E-state index contributed by atoms with van der Waals surface area (Å²) in [5.41, 5.74) is 1.84. The molecule has 2 rings (SSSR count). The average Bonchev–Trinajstić information content (AvgIpc) is 2.62. The van der Waals surface area contributed by atoms with E-state index >= 15 is 0 Å². The lowest BCUT2D eigenvalue weighted by atomic mass is 9.80. The molecule has 1 fully saturated rings. The molecule has 1 aromatic carbocycles. The molecule has 25 heavy (non-hydrogen) atoms. The summed E-state index contributed by atoms with van der Waals surface area (Å²) in [5, 5.41) is 5.87. The minimum atomic E-state index is -0.205. The van der Waals surface area contributed by atoms with Gasteiger partial charge in [0.1, 0.15) is 0 Å². The molecule has 0 heterocycles. The Labute approximate surface area is 150 Å². The third-order valence-corrected chi connectivity index (χ3v) is 5.35. The Hall–Kier alpha value is -2.14. The van der Waals surface area contributed by atoms with Crippen LogP contribution in [0.15, 0.2) is 36.9 Å². The summed E-state index contributed by atoms with van der Waals surface area (Å²) in [5.74, 6) is -0.232. The number of benzene rings is 1. The van der Waals surface area contributed by atoms with Crippen LogP contribution >= 0.6 is 0 Å². The van der Waals surface area contributed by atoms with Crippen LogP contribution in [-0.2, 0) is 11.3 Å². The predicted molar refractivity (Wildman–Crippen MR) is 100 cm³/mol. The first kappa shape index (κ1) is 19.2. The monoisotopic (exact) mass is 343 g/mol. The van der Waals surface area contributed by atoms with Crippen molar-refractivity contribution in [2.75, 3.05) is 14.1 Å². The number of nitrogens with zero attached hydrogens (tertiary/aromatic N) is 1. The highest BCUT2D eigenvalue weighted by Gasteiger charge is 2.33. The molecule has 5 heteroatoms. The number of rotatable bonds is 6. The third-order valence-electron chi connectivity index (χ3n) is 5.35. The smallest absolute Gasteiger partial charge is 0.251 e. The summed E-state index contributed by atoms with van der Waals surface area (Å²) in [6, 6.07) is 7.58. The molecule has 1 aliphatic carbocycles. The van der Waals surface area contributed by atoms with Gasteiger partial charge in [0, 0.05) is 23.7 Å². The zero-order valence-electron chi connectivity index (χ0n) is 15.5. The van der Waals surface area contributed by atoms with Crippen LogP contribution in [0.5, 0.6) is 0 Å². The summed E-state index contributed by atoms with van der Waals surface area (Å²) < 4.78 is 0. The normalized spacial score (nSPS) is 23.1. The standard InChI is InChI=1S/C20H29N3O2/c1-5-18(24)21-14-15-6-8-16(9-7-15)19(25)22-17-10-12-20(2,13-11-17)23(3)4/h5-9,17H,1,10-14H2,2-4H3,(H,21,24)(H,22,25). The van der Waals surface area contributed by atoms with E-state index in [-0.39, 0.29) is 23.4 Å². The van der Waals surface area contributed by atoms with Gasteiger partial charge in [-0.1, -0.05) is 18.7 Å². The van der Waals surface area contributed by atoms with Gasteiger partial charge in [0.2, 0.25) is 5.91 Å². The molecule has 0 saturated heterocycles. The summed E-state index contributed by atoms with van der Waals surface area (Å²) in [6.07, 6.45) is 5.44. The molecule has 0 unspecified atom stereocenters. The highest BCUT2D eigenvalue weighted by atomic mass is 16.2. The first-order valence-corrected chi connectivity index (χ1v) is 8.81. The van der Waals surface area contributed by atoms with Crippen molar-refractivity contribution in [3.8, 4) is 0 Å². The molecule has 0 atom stereocenters. The van der Waals surface area contributed by atoms with Gasteiger partial charge in [-0.15, -0.1) is 0 Å². The number of hydrogen-bond donors (Lipinski definition) is 2. The van der Waals surface area contributed by atoms with Gasteiger partial charge in [0.05, 0.1) is 0 Å². The van der Waals surface area contributed by atoms with Crippen LogP contribution in [0.4, 0.5) is 0 Å². The van der Waals surface area contributed by atoms with E-state index < -0.39 is 0 Å². The molecular weight excluding hydrogens is 314 g/mol. The lowest BCUT2D eigenvalue weighted by molar-refractivity contribution is -0.116. The summed E-state index contributed by atoms with van der Waals surface area (Å²) in [7, 11) is 4.25. The second-order valence-corrected chi connectivity index (χ2v) is 7.26. The molecule has 0 aliphatic heterocycles. The van der Waals surface area contributed by atoms with E-state index in [1.165, 1.54) is 6.08 Å². The Morgan fingerprint density at radius 3 is 2.36 bits per heavy atom. The average molecular weight is 343 g/mol. The Balaban J connectivity index is 1.85. The summed E-state index contributed by atoms with van der Waals surface area (Å²) in [4.78, 5) is 25.9. The van der Waals surface area contributed by atoms with Crippen LogP contribution < -0.4 is 10.6 Å². The number of hydrogen-bond acceptors (Lipinski definition) is 3. The highest BCUT2D eigenvalue weighted by Crippen LogP contribution is 2.31. The Morgan fingerprint density at radius 1 is 1.24 bits per heavy atom. The van der Waals surface area contributed by atoms with Gasteiger partial charge in [0.15, 0.2) is 0 Å². The van der Waals surface area contributed by atoms with Crippen LogP contribution in [0.25, 0.3) is 0 Å². The van der Waals surface area contributed by atoms with Crippen molar-refractivity contribution in [1.82, 2.24) is 15.5 Å². The molecule has 2 N–H and O–H groups in total. The topological polar surface area (TPSA) is 61.4 Å². The van der Waals surface area contributed by atoms with Crippen molar-refractivity contribution in [3.05, 3.63) is 48.0 Å². The predicted octanol–water partition coefficient (Wildman–Crippen LogP) is 2.48. The van der Waals surface area contributed by atoms with Gasteiger partial charge < -0.3 is 15.5 Å². The van der Waals surface area contributed by atoms with Crippen molar-refractivity contribution in [2.45, 2.75) is 50.7 Å². The van der Waals surface area contributed by atoms with E-state index in [1.54, 1.807) is 12.1 Å². The molecule has 0 radical (unpaired) electrons. The number of carbonyl (C=O) groups excluding carboxylic acids is 2. The van der Waals surface area contributed by atoms with Gasteiger partial charge in [-0.3, -0.25) is 9.59 Å². The van der Waals surface area contributed by atoms with Crippen LogP contribution in [0.1, 0.15) is 48.5 Å². The molecule has 1 aliphatic rings. The molecule has 1 aromatic rings. The molecule has 2 amide bonds. The second kappa shape index (κ2) is 8.30. The van der Waals surface area contributed by atoms with Gasteiger partial charge in [-0.25, -0.2) is 0 Å². The Kier molecular flexibility index (Phi) is 6.37. The van der Waals surface area contributed by atoms with E-state index in [1.807, 2.05) is 12.1 Å². The number of amides is 2. The van der Waals surface area contributed by atoms with Crippen molar-refractivity contribution in [3.63, 3.8) is 0 Å². The van der Waals surface area contributed by atoms with Crippen LogP contribution in [0.3, 0.4) is 0 Å². The maximum absolute atomic E-state index is 12.4. The SMILES string of the molecule is C=CC(=O)NCc1ccc(C(=O)NC2CCC(C)(N(C)C)CC2)cc1. The molecule has 5 nitrogen and oxygen atoms in total. The highest BCUT2D eigenvalue weighted by molar-refractivity contribution is 5.94. The molecular formula is C20H29N3O2. The fourth-order valence-electron chi connectivity index (χ4n) is 3.14. The van der Waals surface area contributed by atoms with Gasteiger partial charge >= 0.3 is 0 Å². The minimum Gasteiger partial charge on any atom is -0.349 e. The quantitative estimate of drug-likeness (QED) is 0.780. The minimum absolute atomic E-state index is 0.0277. The van der Waals surface area contributed by atoms with Crippen molar-refractivity contribution >= 4 is 11.8 Å². The van der Waals surface area contributed by atoms with Crippen LogP contribution in [-0.4, -0.2) is 42.4 Å². The van der Waals surface area contributed by atoms with E-state index in [2.05, 4.69) is 43.1 Å². The molecule has 1 saturated carbocycles. The maximum atomic E-state index is 12.4. The third kappa shape index (κ3) is 5.16. The second-order valence-electron chi connectivity index (χ2n) is 7.26. The zero-order chi connectivity index (χ0) is 18.4. The summed E-state index contributed by atoms with van der Waals surface area (Å²) in [6.45, 7) is 6.13. The molecule has 136 valence electrons. The van der Waals surface area contributed by atoms with Crippen molar-refractivity contribution < 1.29 is 9.59 Å². The molecule has 0 bridgehead atoms. The lowest BCUT2D eigenvalue weighted by Crippen LogP contribution is -2.48. The van der Waals surface area contributed by atoms with E-state index in [4.69, 9.17) is 0 Å². The first-order valence-electron chi connectivity index (χ1n) is 8.81. The fourth-order valence-corrected chi connectivity index (χ4v) is 3.14. The first-order chi connectivity index (χ1) is 11.8. The fraction of sp³-hybridized carbons (Fsp3) is 0.500. The number of carbonyl (C=O) groups is 2. The van der Waals surface area contributed by atoms with Gasteiger partial charge in [0.25, 0.3) is 5.91 Å². The van der Waals surface area contributed by atoms with Crippen LogP contribution in [0, 0.1) is 0 Å². The van der Waals surface area contributed by atoms with Crippen molar-refractivity contribution in [2.24, 2.45) is 0 Å². The van der Waals surface area contributed by atoms with Gasteiger partial charge in [-0.2, -0.15) is 0 Å². The van der Waals surface area contributed by atoms with Gasteiger partial charge in [-0.05, 0) is 70.5 Å². The Morgan fingerprint density at radius 2 is 1.84 bits per heavy atom. The van der Waals surface area contributed by atoms with E-state index in [9.17, 15) is 9.59 Å². The maximum Gasteiger partial charge on any atom is 0.251 e. The number of nitrogens with one attached hydrogen (secondary N) is 2. The van der Waals surface area contributed by atoms with E-state index in [0.29, 0.717) is 12.1 Å². The largest absolute Gasteiger partial charge is 0.349 e. The molecule has 0 spiro atoms. The van der Waals surface area contributed by atoms with Crippen LogP contribution in [0.2, 0.25) is 0 Å². The zero-order valence-corrected chi connectivity index (χ0v) is 15.5. The molecule has 0 aromatic heterocycles. The Bertz CT molecular complexity index is 614. The van der Waals surface area contributed by atoms with E-state index in [0.717, 1.165) is 31.2 Å². The lowest BCUT2D eigenvalue weighted by Gasteiger charge is -2.42.